The number of nitrogens with one attached hydrogen (secondary N) is 2. The summed E-state index contributed by atoms with van der Waals surface area (Å²) in [4.78, 5) is 20.3. The van der Waals surface area contributed by atoms with Gasteiger partial charge >= 0.3 is 0 Å². The molecule has 2 aromatic carbocycles. The van der Waals surface area contributed by atoms with Gasteiger partial charge in [0, 0.05) is 53.4 Å². The maximum atomic E-state index is 12.9. The predicted octanol–water partition coefficient (Wildman–Crippen LogP) is 4.50. The van der Waals surface area contributed by atoms with Crippen molar-refractivity contribution in [3.05, 3.63) is 69.5 Å². The fourth-order valence-electron chi connectivity index (χ4n) is 4.14. The zero-order chi connectivity index (χ0) is 24.6. The van der Waals surface area contributed by atoms with Crippen LogP contribution < -0.4 is 15.6 Å². The molecule has 0 unspecified atom stereocenters. The number of rotatable bonds is 9. The summed E-state index contributed by atoms with van der Waals surface area (Å²) in [6, 6.07) is 15.1. The minimum absolute atomic E-state index is 0.120. The van der Waals surface area contributed by atoms with Crippen molar-refractivity contribution in [2.24, 2.45) is 0 Å². The molecule has 0 amide bonds. The zero-order valence-corrected chi connectivity index (χ0v) is 21.5. The molecule has 0 aliphatic carbocycles. The molecule has 186 valence electrons. The minimum atomic E-state index is -0.120. The Kier molecular flexibility index (Phi) is 8.98. The highest BCUT2D eigenvalue weighted by molar-refractivity contribution is 7.80. The SMILES string of the molecule is CCOc1ccc2[nH]c(=O)c(CN(CCCN3CCOCC3)C(=S)Nc3cccc(Cl)c3)cc2c1. The first-order valence-electron chi connectivity index (χ1n) is 11.9. The Hall–Kier alpha value is -2.65. The molecule has 2 N–H and O–H groups in total. The molecular weight excluding hydrogens is 484 g/mol. The van der Waals surface area contributed by atoms with Crippen LogP contribution >= 0.6 is 23.8 Å². The Balaban J connectivity index is 1.53. The third kappa shape index (κ3) is 7.18. The Labute approximate surface area is 216 Å². The van der Waals surface area contributed by atoms with Gasteiger partial charge in [0.2, 0.25) is 0 Å². The summed E-state index contributed by atoms with van der Waals surface area (Å²) >= 11 is 11.9. The highest BCUT2D eigenvalue weighted by atomic mass is 35.5. The van der Waals surface area contributed by atoms with E-state index in [9.17, 15) is 4.79 Å². The highest BCUT2D eigenvalue weighted by Gasteiger charge is 2.16. The van der Waals surface area contributed by atoms with Crippen molar-refractivity contribution in [2.45, 2.75) is 19.9 Å². The van der Waals surface area contributed by atoms with Gasteiger partial charge in [-0.2, -0.15) is 0 Å². The highest BCUT2D eigenvalue weighted by Crippen LogP contribution is 2.20. The van der Waals surface area contributed by atoms with Gasteiger partial charge in [0.1, 0.15) is 5.75 Å². The van der Waals surface area contributed by atoms with Crippen molar-refractivity contribution in [3.63, 3.8) is 0 Å². The van der Waals surface area contributed by atoms with E-state index in [1.54, 1.807) is 0 Å². The summed E-state index contributed by atoms with van der Waals surface area (Å²) in [5.41, 5.74) is 2.12. The van der Waals surface area contributed by atoms with Gasteiger partial charge in [0.15, 0.2) is 5.11 Å². The monoisotopic (exact) mass is 514 g/mol. The molecule has 0 spiro atoms. The summed E-state index contributed by atoms with van der Waals surface area (Å²) in [6.45, 7) is 8.01. The van der Waals surface area contributed by atoms with Crippen LogP contribution in [0.2, 0.25) is 5.02 Å². The number of ether oxygens (including phenoxy) is 2. The first-order valence-corrected chi connectivity index (χ1v) is 12.7. The number of morpholine rings is 1. The van der Waals surface area contributed by atoms with Crippen LogP contribution in [0.15, 0.2) is 53.3 Å². The summed E-state index contributed by atoms with van der Waals surface area (Å²) in [7, 11) is 0. The molecular formula is C26H31ClN4O3S. The number of benzene rings is 2. The summed E-state index contributed by atoms with van der Waals surface area (Å²) in [5.74, 6) is 0.776. The largest absolute Gasteiger partial charge is 0.494 e. The molecule has 0 saturated carbocycles. The van der Waals surface area contributed by atoms with E-state index in [0.717, 1.165) is 61.6 Å². The number of hydrogen-bond donors (Lipinski definition) is 2. The third-order valence-electron chi connectivity index (χ3n) is 5.93. The second kappa shape index (κ2) is 12.4. The van der Waals surface area contributed by atoms with Crippen LogP contribution in [0.3, 0.4) is 0 Å². The average Bonchev–Trinajstić information content (AvgIpc) is 2.85. The fourth-order valence-corrected chi connectivity index (χ4v) is 4.60. The van der Waals surface area contributed by atoms with Crippen molar-refractivity contribution in [1.29, 1.82) is 0 Å². The fraction of sp³-hybridized carbons (Fsp3) is 0.385. The van der Waals surface area contributed by atoms with E-state index in [4.69, 9.17) is 33.3 Å². The van der Waals surface area contributed by atoms with Gasteiger partial charge in [0.05, 0.1) is 26.4 Å². The molecule has 3 aromatic rings. The lowest BCUT2D eigenvalue weighted by atomic mass is 10.1. The average molecular weight is 515 g/mol. The number of nitrogens with zero attached hydrogens (tertiary/aromatic N) is 2. The van der Waals surface area contributed by atoms with Gasteiger partial charge in [-0.1, -0.05) is 17.7 Å². The van der Waals surface area contributed by atoms with Gasteiger partial charge in [-0.15, -0.1) is 0 Å². The van der Waals surface area contributed by atoms with Crippen LogP contribution in [0.1, 0.15) is 18.9 Å². The summed E-state index contributed by atoms with van der Waals surface area (Å²) < 4.78 is 11.1. The number of pyridine rings is 1. The van der Waals surface area contributed by atoms with Crippen LogP contribution in [0.5, 0.6) is 5.75 Å². The van der Waals surface area contributed by atoms with E-state index in [1.165, 1.54) is 0 Å². The number of H-pyrrole nitrogens is 1. The van der Waals surface area contributed by atoms with E-state index >= 15 is 0 Å². The molecule has 1 aromatic heterocycles. The first-order chi connectivity index (χ1) is 17.0. The van der Waals surface area contributed by atoms with E-state index in [1.807, 2.05) is 60.4 Å². The standard InChI is InChI=1S/C26H31ClN4O3S/c1-2-34-23-7-8-24-19(16-23)15-20(25(32)29-24)18-31(10-4-9-30-11-13-33-14-12-30)26(35)28-22-6-3-5-21(27)17-22/h3,5-8,15-17H,2,4,9-14,18H2,1H3,(H,28,35)(H,29,32). The van der Waals surface area contributed by atoms with Crippen LogP contribution in [0.4, 0.5) is 5.69 Å². The van der Waals surface area contributed by atoms with E-state index < -0.39 is 0 Å². The quantitative estimate of drug-likeness (QED) is 0.407. The molecule has 35 heavy (non-hydrogen) atoms. The maximum absolute atomic E-state index is 12.9. The molecule has 2 heterocycles. The summed E-state index contributed by atoms with van der Waals surface area (Å²) in [5, 5.41) is 5.39. The zero-order valence-electron chi connectivity index (χ0n) is 19.9. The Morgan fingerprint density at radius 1 is 1.23 bits per heavy atom. The maximum Gasteiger partial charge on any atom is 0.253 e. The van der Waals surface area contributed by atoms with E-state index in [2.05, 4.69) is 15.2 Å². The molecule has 0 radical (unpaired) electrons. The number of hydrogen-bond acceptors (Lipinski definition) is 5. The van der Waals surface area contributed by atoms with Crippen molar-refractivity contribution >= 4 is 45.5 Å². The normalized spacial score (nSPS) is 14.1. The first kappa shape index (κ1) is 25.4. The molecule has 7 nitrogen and oxygen atoms in total. The molecule has 1 aliphatic rings. The lowest BCUT2D eigenvalue weighted by Crippen LogP contribution is -2.40. The van der Waals surface area contributed by atoms with Gasteiger partial charge in [-0.25, -0.2) is 0 Å². The molecule has 1 aliphatic heterocycles. The second-order valence-electron chi connectivity index (χ2n) is 8.48. The van der Waals surface area contributed by atoms with Gasteiger partial charge < -0.3 is 24.7 Å². The Bertz CT molecular complexity index is 1210. The van der Waals surface area contributed by atoms with Crippen LogP contribution in [-0.4, -0.2) is 65.9 Å². The Morgan fingerprint density at radius 2 is 2.06 bits per heavy atom. The number of halogens is 1. The van der Waals surface area contributed by atoms with Crippen molar-refractivity contribution in [2.75, 3.05) is 51.3 Å². The number of aromatic nitrogens is 1. The minimum Gasteiger partial charge on any atom is -0.494 e. The van der Waals surface area contributed by atoms with Crippen molar-refractivity contribution in [3.8, 4) is 5.75 Å². The lowest BCUT2D eigenvalue weighted by molar-refractivity contribution is 0.0367. The molecule has 1 fully saturated rings. The van der Waals surface area contributed by atoms with E-state index in [-0.39, 0.29) is 5.56 Å². The molecule has 0 atom stereocenters. The topological polar surface area (TPSA) is 69.8 Å². The number of thiocarbonyl (C=S) groups is 1. The van der Waals surface area contributed by atoms with Crippen molar-refractivity contribution < 1.29 is 9.47 Å². The smallest absolute Gasteiger partial charge is 0.253 e. The second-order valence-corrected chi connectivity index (χ2v) is 9.30. The number of fused-ring (bicyclic) bond motifs is 1. The molecule has 1 saturated heterocycles. The molecule has 0 bridgehead atoms. The predicted molar refractivity (Wildman–Crippen MR) is 146 cm³/mol. The van der Waals surface area contributed by atoms with Crippen LogP contribution in [0, 0.1) is 0 Å². The number of anilines is 1. The Morgan fingerprint density at radius 3 is 2.83 bits per heavy atom. The van der Waals surface area contributed by atoms with Crippen molar-refractivity contribution in [1.82, 2.24) is 14.8 Å². The van der Waals surface area contributed by atoms with Crippen LogP contribution in [-0.2, 0) is 11.3 Å². The molecule has 4 rings (SSSR count). The van der Waals surface area contributed by atoms with Crippen LogP contribution in [0.25, 0.3) is 10.9 Å². The lowest BCUT2D eigenvalue weighted by Gasteiger charge is -2.29. The van der Waals surface area contributed by atoms with Gasteiger partial charge in [0.25, 0.3) is 5.56 Å². The van der Waals surface area contributed by atoms with Gasteiger partial charge in [-0.3, -0.25) is 9.69 Å². The molecule has 9 heteroatoms. The van der Waals surface area contributed by atoms with E-state index in [0.29, 0.717) is 35.4 Å². The third-order valence-corrected chi connectivity index (χ3v) is 6.53. The summed E-state index contributed by atoms with van der Waals surface area (Å²) in [6.07, 6.45) is 0.914. The number of aromatic amines is 1. The van der Waals surface area contributed by atoms with Gasteiger partial charge in [-0.05, 0) is 68.0 Å².